The van der Waals surface area contributed by atoms with E-state index in [9.17, 15) is 14.9 Å². The number of ether oxygens (including phenoxy) is 1. The van der Waals surface area contributed by atoms with Crippen molar-refractivity contribution in [2.45, 2.75) is 26.7 Å². The van der Waals surface area contributed by atoms with Gasteiger partial charge in [0.2, 0.25) is 5.91 Å². The van der Waals surface area contributed by atoms with Crippen molar-refractivity contribution in [3.8, 4) is 6.07 Å². The van der Waals surface area contributed by atoms with Crippen LogP contribution in [0.2, 0.25) is 0 Å². The van der Waals surface area contributed by atoms with E-state index in [-0.39, 0.29) is 11.5 Å². The molecule has 9 heteroatoms. The molecule has 190 valence electrons. The molecule has 0 radical (unpaired) electrons. The number of hydrogen-bond donors (Lipinski definition) is 3. The van der Waals surface area contributed by atoms with Gasteiger partial charge in [-0.3, -0.25) is 9.59 Å². The highest BCUT2D eigenvalue weighted by atomic mass is 16.5. The van der Waals surface area contributed by atoms with Gasteiger partial charge in [-0.1, -0.05) is 6.07 Å². The van der Waals surface area contributed by atoms with Gasteiger partial charge in [0.1, 0.15) is 0 Å². The summed E-state index contributed by atoms with van der Waals surface area (Å²) in [5.74, 6) is -0.526. The van der Waals surface area contributed by atoms with Crippen molar-refractivity contribution in [2.75, 3.05) is 38.7 Å². The molecule has 36 heavy (non-hydrogen) atoms. The molecule has 1 aromatic carbocycles. The third kappa shape index (κ3) is 6.55. The predicted octanol–water partition coefficient (Wildman–Crippen LogP) is 2.59. The summed E-state index contributed by atoms with van der Waals surface area (Å²) in [6, 6.07) is 7.77. The topological polar surface area (TPSA) is 138 Å². The number of aryl methyl sites for hydroxylation is 1. The van der Waals surface area contributed by atoms with Gasteiger partial charge in [0.15, 0.2) is 0 Å². The van der Waals surface area contributed by atoms with Gasteiger partial charge in [0.25, 0.3) is 5.91 Å². The average molecular weight is 491 g/mol. The van der Waals surface area contributed by atoms with Crippen molar-refractivity contribution in [3.63, 3.8) is 0 Å². The number of nitrogens with one attached hydrogen (secondary N) is 1. The molecule has 2 amide bonds. The second-order valence-electron chi connectivity index (χ2n) is 9.08. The molecule has 2 aliphatic rings. The van der Waals surface area contributed by atoms with Gasteiger partial charge in [0, 0.05) is 50.8 Å². The van der Waals surface area contributed by atoms with Crippen molar-refractivity contribution >= 4 is 23.1 Å². The van der Waals surface area contributed by atoms with Crippen LogP contribution in [0.15, 0.2) is 60.2 Å². The van der Waals surface area contributed by atoms with E-state index in [2.05, 4.69) is 16.3 Å². The molecule has 1 aliphatic heterocycles. The molecule has 1 saturated carbocycles. The Morgan fingerprint density at radius 1 is 1.28 bits per heavy atom. The zero-order valence-electron chi connectivity index (χ0n) is 21.1. The smallest absolute Gasteiger partial charge is 0.257 e. The van der Waals surface area contributed by atoms with Crippen molar-refractivity contribution in [2.24, 2.45) is 16.9 Å². The first-order valence-corrected chi connectivity index (χ1v) is 11.9. The van der Waals surface area contributed by atoms with E-state index in [1.54, 1.807) is 19.3 Å². The summed E-state index contributed by atoms with van der Waals surface area (Å²) in [6.45, 7) is 6.39. The molecular formula is C27H34N6O3. The number of allylic oxidation sites excluding steroid dienone is 3. The average Bonchev–Trinajstić information content (AvgIpc) is 3.68. The van der Waals surface area contributed by atoms with Crippen LogP contribution < -0.4 is 16.8 Å². The van der Waals surface area contributed by atoms with Crippen LogP contribution in [0.3, 0.4) is 0 Å². The van der Waals surface area contributed by atoms with Crippen LogP contribution in [-0.2, 0) is 14.3 Å². The molecule has 9 nitrogen and oxygen atoms in total. The molecule has 1 heterocycles. The Balaban J connectivity index is 1.87. The van der Waals surface area contributed by atoms with Gasteiger partial charge in [-0.05, 0) is 67.0 Å². The molecule has 2 fully saturated rings. The van der Waals surface area contributed by atoms with Gasteiger partial charge in [-0.2, -0.15) is 5.26 Å². The molecule has 5 N–H and O–H groups in total. The molecule has 1 aromatic rings. The molecular weight excluding hydrogens is 456 g/mol. The van der Waals surface area contributed by atoms with Crippen molar-refractivity contribution in [1.82, 2.24) is 9.80 Å². The number of carbonyl (C=O) groups excluding carboxylic acids is 2. The van der Waals surface area contributed by atoms with Gasteiger partial charge < -0.3 is 31.3 Å². The van der Waals surface area contributed by atoms with E-state index in [4.69, 9.17) is 16.2 Å². The Hall–Kier alpha value is -4.03. The fourth-order valence-electron chi connectivity index (χ4n) is 3.71. The third-order valence-corrected chi connectivity index (χ3v) is 6.42. The van der Waals surface area contributed by atoms with Crippen LogP contribution in [0.4, 0.5) is 5.69 Å². The Bertz CT molecular complexity index is 1160. The first-order valence-electron chi connectivity index (χ1n) is 11.9. The maximum atomic E-state index is 12.9. The Labute approximate surface area is 212 Å². The molecule has 0 aromatic heterocycles. The Morgan fingerprint density at radius 2 is 1.97 bits per heavy atom. The molecule has 0 spiro atoms. The van der Waals surface area contributed by atoms with E-state index in [0.717, 1.165) is 29.8 Å². The van der Waals surface area contributed by atoms with Crippen LogP contribution in [0.25, 0.3) is 5.57 Å². The Morgan fingerprint density at radius 3 is 2.56 bits per heavy atom. The maximum absolute atomic E-state index is 12.9. The molecule has 1 aliphatic carbocycles. The van der Waals surface area contributed by atoms with E-state index in [0.29, 0.717) is 37.4 Å². The molecule has 0 bridgehead atoms. The zero-order chi connectivity index (χ0) is 26.3. The highest BCUT2D eigenvalue weighted by Gasteiger charge is 2.46. The first-order chi connectivity index (χ1) is 17.2. The maximum Gasteiger partial charge on any atom is 0.257 e. The van der Waals surface area contributed by atoms with Crippen molar-refractivity contribution in [1.29, 1.82) is 5.26 Å². The fourth-order valence-corrected chi connectivity index (χ4v) is 3.71. The lowest BCUT2D eigenvalue weighted by Gasteiger charge is -2.25. The highest BCUT2D eigenvalue weighted by molar-refractivity contribution is 6.06. The lowest BCUT2D eigenvalue weighted by atomic mass is 9.99. The number of morpholine rings is 1. The van der Waals surface area contributed by atoms with E-state index >= 15 is 0 Å². The standard InChI is InChI=1S/C27H34N6O3/c1-19-4-5-23(31-26(35)22(16-28)14-25(30)27(18-29)7-8-27)15-24(19)21(17-32(3)20(2)34)6-9-33-10-12-36-13-11-33/h4-6,9,14-17H,7-8,10-13,28,30H2,1-3H3,(H,31,35)/b9-6+,21-17+,22-16+,25-14-. The number of amides is 2. The highest BCUT2D eigenvalue weighted by Crippen LogP contribution is 2.49. The van der Waals surface area contributed by atoms with Crippen LogP contribution >= 0.6 is 0 Å². The third-order valence-electron chi connectivity index (χ3n) is 6.42. The molecule has 3 rings (SSSR count). The molecule has 0 unspecified atom stereocenters. The quantitative estimate of drug-likeness (QED) is 0.376. The lowest BCUT2D eigenvalue weighted by Crippen LogP contribution is -2.32. The summed E-state index contributed by atoms with van der Waals surface area (Å²) in [5.41, 5.74) is 14.8. The number of nitrogens with zero attached hydrogens (tertiary/aromatic N) is 3. The van der Waals surface area contributed by atoms with E-state index in [1.165, 1.54) is 24.1 Å². The lowest BCUT2D eigenvalue weighted by molar-refractivity contribution is -0.125. The zero-order valence-corrected chi connectivity index (χ0v) is 21.1. The second kappa shape index (κ2) is 11.6. The van der Waals surface area contributed by atoms with Crippen molar-refractivity contribution in [3.05, 3.63) is 71.3 Å². The number of nitrogens with two attached hydrogens (primary N) is 2. The fraction of sp³-hybridized carbons (Fsp3) is 0.370. The summed E-state index contributed by atoms with van der Waals surface area (Å²) in [4.78, 5) is 28.5. The monoisotopic (exact) mass is 490 g/mol. The number of carbonyl (C=O) groups is 2. The van der Waals surface area contributed by atoms with Crippen LogP contribution in [0, 0.1) is 23.7 Å². The Kier molecular flexibility index (Phi) is 8.56. The SMILES string of the molecule is CC(=O)N(C)/C=C(\C=C\N1CCOCC1)c1cc(NC(=O)C(/C=C(\N)C2(C#N)CC2)=C/N)ccc1C. The van der Waals surface area contributed by atoms with Crippen molar-refractivity contribution < 1.29 is 14.3 Å². The first kappa shape index (κ1) is 26.6. The minimum atomic E-state index is -0.694. The van der Waals surface area contributed by atoms with Gasteiger partial charge >= 0.3 is 0 Å². The van der Waals surface area contributed by atoms with Gasteiger partial charge in [-0.25, -0.2) is 0 Å². The largest absolute Gasteiger partial charge is 0.404 e. The molecule has 1 saturated heterocycles. The van der Waals surface area contributed by atoms with Crippen LogP contribution in [0.5, 0.6) is 0 Å². The van der Waals surface area contributed by atoms with E-state index in [1.807, 2.05) is 31.3 Å². The van der Waals surface area contributed by atoms with E-state index < -0.39 is 11.3 Å². The normalized spacial score (nSPS) is 18.1. The minimum absolute atomic E-state index is 0.0951. The second-order valence-corrected chi connectivity index (χ2v) is 9.08. The van der Waals surface area contributed by atoms with Gasteiger partial charge in [0.05, 0.1) is 30.3 Å². The van der Waals surface area contributed by atoms with Crippen LogP contribution in [0.1, 0.15) is 30.9 Å². The van der Waals surface area contributed by atoms with Crippen LogP contribution in [-0.4, -0.2) is 55.0 Å². The molecule has 0 atom stereocenters. The predicted molar refractivity (Wildman–Crippen MR) is 140 cm³/mol. The summed E-state index contributed by atoms with van der Waals surface area (Å²) >= 11 is 0. The number of anilines is 1. The number of nitriles is 1. The summed E-state index contributed by atoms with van der Waals surface area (Å²) in [5, 5.41) is 12.2. The number of hydrogen-bond acceptors (Lipinski definition) is 7. The summed E-state index contributed by atoms with van der Waals surface area (Å²) in [7, 11) is 1.70. The van der Waals surface area contributed by atoms with Gasteiger partial charge in [-0.15, -0.1) is 0 Å². The summed E-state index contributed by atoms with van der Waals surface area (Å²) in [6.07, 6.45) is 9.74. The number of rotatable bonds is 8. The minimum Gasteiger partial charge on any atom is -0.404 e. The number of benzene rings is 1. The summed E-state index contributed by atoms with van der Waals surface area (Å²) < 4.78 is 5.42.